The van der Waals surface area contributed by atoms with Gasteiger partial charge in [0, 0.05) is 44.3 Å². The van der Waals surface area contributed by atoms with Gasteiger partial charge in [0.1, 0.15) is 19.0 Å². The number of aromatic amines is 2. The Labute approximate surface area is 659 Å². The van der Waals surface area contributed by atoms with E-state index >= 15 is 9.59 Å². The van der Waals surface area contributed by atoms with Crippen molar-refractivity contribution in [2.24, 2.45) is 5.41 Å². The molecule has 0 unspecified atom stereocenters. The lowest BCUT2D eigenvalue weighted by molar-refractivity contribution is -0.165. The summed E-state index contributed by atoms with van der Waals surface area (Å²) >= 11 is 0. The van der Waals surface area contributed by atoms with Crippen LogP contribution < -0.4 is 4.74 Å². The van der Waals surface area contributed by atoms with E-state index in [9.17, 15) is 0 Å². The second-order valence-corrected chi connectivity index (χ2v) is 37.6. The monoisotopic (exact) mass is 1490 g/mol. The van der Waals surface area contributed by atoms with Gasteiger partial charge in [0.05, 0.1) is 40.7 Å². The highest BCUT2D eigenvalue weighted by Crippen LogP contribution is 2.97. The number of benzene rings is 22. The van der Waals surface area contributed by atoms with Crippen LogP contribution in [0.25, 0.3) is 382 Å². The minimum atomic E-state index is -1.89. The zero-order valence-corrected chi connectivity index (χ0v) is 61.9. The first-order valence-corrected chi connectivity index (χ1v) is 42.1. The third-order valence-corrected chi connectivity index (χ3v) is 34.8. The van der Waals surface area contributed by atoms with Crippen LogP contribution in [-0.4, -0.2) is 52.2 Å². The topological polar surface area (TPSA) is 119 Å². The van der Waals surface area contributed by atoms with Crippen molar-refractivity contribution in [3.05, 3.63) is 185 Å². The van der Waals surface area contributed by atoms with Gasteiger partial charge in [0.15, 0.2) is 5.41 Å². The highest BCUT2D eigenvalue weighted by molar-refractivity contribution is 6.83. The fourth-order valence-electron chi connectivity index (χ4n) is 32.8. The van der Waals surface area contributed by atoms with Gasteiger partial charge in [-0.25, -0.2) is 9.97 Å². The summed E-state index contributed by atoms with van der Waals surface area (Å²) in [6.45, 7) is -0.0961. The summed E-state index contributed by atoms with van der Waals surface area (Å²) in [5.74, 6) is -0.420. The smallest absolute Gasteiger partial charge is 0.326 e. The van der Waals surface area contributed by atoms with Gasteiger partial charge in [-0.1, -0.05) is 103 Å². The number of hydrogen-bond acceptors (Lipinski definition) is 7. The number of carbonyl (C=O) groups is 2. The number of nitrogens with zero attached hydrogens (tertiary/aromatic N) is 2. The van der Waals surface area contributed by atoms with Crippen LogP contribution in [0.2, 0.25) is 0 Å². The van der Waals surface area contributed by atoms with Gasteiger partial charge in [-0.05, 0) is 396 Å². The standard InChI is InChI=1S/C110H36N4O5/c1-117-106(115)110(107(116)119-29-28-118-35-19-11-18-34(30-35)47-42-26-24-40(113-42)45(32-14-7-3-8-15-32)38-22-20-36(111-38)44(31-12-5-2-6-13-31)37-21-23-39(112-37)46(33-16-9-4-10-17-33)41-25-27-43(47)114-41)108-102-94-86-76-66-58-50-48-49-52-56-54(50)62-70-64(56)74-68-60(52)61-53(49)57-55-51(48)59(58)67-73-63(55)71-65(57)75-69(61)79-78(68)88-82(74)92-84(70)90(80(86)72(62)66)98(102)100(92)104-96(88)97-89(79)83(75)93-85(71)91-81(73)87(77(67)76)95(94)103(108)99(91)101(93)105(97)109(104,108)110/h2-27,30,111,114H,28-29H2,1H3. The Morgan fingerprint density at radius 1 is 0.269 bits per heavy atom. The molecule has 8 bridgehead atoms. The highest BCUT2D eigenvalue weighted by atomic mass is 16.6. The summed E-state index contributed by atoms with van der Waals surface area (Å²) in [5, 5.41) is 77.8. The number of nitrogens with one attached hydrogen (secondary N) is 2. The molecule has 0 saturated heterocycles. The molecule has 0 amide bonds. The summed E-state index contributed by atoms with van der Waals surface area (Å²) in [6, 6.07) is 48.5. The Kier molecular flexibility index (Phi) is 6.50. The lowest BCUT2D eigenvalue weighted by Gasteiger charge is -2.32. The van der Waals surface area contributed by atoms with Crippen LogP contribution in [0.5, 0.6) is 5.75 Å². The molecule has 35 aromatic rings. The first-order valence-electron chi connectivity index (χ1n) is 42.1. The third kappa shape index (κ3) is 3.96. The molecule has 3 aromatic heterocycles. The van der Waals surface area contributed by atoms with Gasteiger partial charge in [-0.3, -0.25) is 9.59 Å². The molecule has 1 fully saturated rings. The Morgan fingerprint density at radius 2 is 0.504 bits per heavy atom. The SMILES string of the molecule is COC(=O)C1(C(=O)OCCOc2cccc(-c3c4nc(c(-c5ccccc5)c5ccc([nH]5)c(-c5ccccc5)c5nc(c(-c6ccccc6)c6ccc3[nH]6)C=C5)C=C4)c2)C23c4c5c6c7c8c9c(c%10c%11c2c2c4c4c%12c5c5c6c6c8c8c%13c9c9c%10c%10c%11c%11c2c2c4c4c%12c%12c5c5c6c8c6c8c%13c9c9c%10c%10c%11c2c2c4c4c%12c5c6c5c8c9c%10c2c45)C713. The molecular formula is C110H36N4O5. The van der Waals surface area contributed by atoms with E-state index in [1.54, 1.807) is 17.9 Å². The van der Waals surface area contributed by atoms with Crippen LogP contribution in [0.1, 0.15) is 45.0 Å². The van der Waals surface area contributed by atoms with Crippen molar-refractivity contribution in [2.75, 3.05) is 20.3 Å². The Balaban J connectivity index is 0.561. The molecule has 5 heterocycles. The zero-order chi connectivity index (χ0) is 74.4. The third-order valence-electron chi connectivity index (χ3n) is 34.8. The van der Waals surface area contributed by atoms with Crippen molar-refractivity contribution in [3.8, 4) is 50.3 Å². The normalized spacial score (nSPS) is 19.3. The van der Waals surface area contributed by atoms with Crippen LogP contribution >= 0.6 is 0 Å². The van der Waals surface area contributed by atoms with Gasteiger partial charge >= 0.3 is 11.9 Å². The fourth-order valence-corrected chi connectivity index (χ4v) is 32.8. The van der Waals surface area contributed by atoms with Gasteiger partial charge in [-0.15, -0.1) is 0 Å². The van der Waals surface area contributed by atoms with Crippen LogP contribution in [0.15, 0.2) is 140 Å². The van der Waals surface area contributed by atoms with Crippen LogP contribution in [0, 0.1) is 5.41 Å². The van der Waals surface area contributed by atoms with E-state index < -0.39 is 28.2 Å². The number of rotatable bonds is 10. The molecule has 9 nitrogen and oxygen atoms in total. The number of hydrogen-bond donors (Lipinski definition) is 2. The van der Waals surface area contributed by atoms with E-state index in [-0.39, 0.29) is 13.2 Å². The molecule has 32 aromatic carbocycles. The van der Waals surface area contributed by atoms with Crippen molar-refractivity contribution < 1.29 is 23.8 Å². The summed E-state index contributed by atoms with van der Waals surface area (Å²) < 4.78 is 21.0. The van der Waals surface area contributed by atoms with Gasteiger partial charge in [0.25, 0.3) is 0 Å². The molecular weight excluding hydrogens is 1460 g/mol. The van der Waals surface area contributed by atoms with E-state index in [1.807, 2.05) is 12.1 Å². The number of ether oxygens (including phenoxy) is 3. The molecule has 526 valence electrons. The number of carbonyl (C=O) groups excluding carboxylic acids is 2. The zero-order valence-electron chi connectivity index (χ0n) is 61.9. The van der Waals surface area contributed by atoms with Crippen molar-refractivity contribution in [2.45, 2.75) is 10.8 Å². The molecule has 2 aliphatic heterocycles. The highest BCUT2D eigenvalue weighted by Gasteiger charge is 3.01. The Bertz CT molecular complexity index is 10400. The van der Waals surface area contributed by atoms with Crippen molar-refractivity contribution in [3.63, 3.8) is 0 Å². The minimum absolute atomic E-state index is 0.0190. The molecule has 0 radical (unpaired) electrons. The second-order valence-electron chi connectivity index (χ2n) is 37.6. The van der Waals surface area contributed by atoms with Crippen molar-refractivity contribution >= 4 is 349 Å². The fraction of sp³-hybridized carbons (Fsp3) is 0.0545. The molecule has 2 N–H and O–H groups in total. The lowest BCUT2D eigenvalue weighted by Crippen LogP contribution is -2.38. The first-order chi connectivity index (χ1) is 59.0. The van der Waals surface area contributed by atoms with Crippen LogP contribution in [-0.2, 0) is 29.9 Å². The van der Waals surface area contributed by atoms with E-state index in [2.05, 4.69) is 162 Å². The van der Waals surface area contributed by atoms with E-state index in [0.29, 0.717) is 5.75 Å². The number of methoxy groups -OCH3 is 1. The molecule has 5 aliphatic carbocycles. The maximum absolute atomic E-state index is 18.0. The minimum Gasteiger partial charge on any atom is -0.490 e. The maximum Gasteiger partial charge on any atom is 0.326 e. The molecule has 1 saturated carbocycles. The van der Waals surface area contributed by atoms with Crippen molar-refractivity contribution in [1.29, 1.82) is 0 Å². The van der Waals surface area contributed by atoms with E-state index in [0.717, 1.165) is 89.4 Å². The predicted molar refractivity (Wildman–Crippen MR) is 485 cm³/mol. The summed E-state index contributed by atoms with van der Waals surface area (Å²) in [6.07, 6.45) is 8.55. The Hall–Kier alpha value is -15.3. The molecule has 119 heavy (non-hydrogen) atoms. The quantitative estimate of drug-likeness (QED) is 0.0606. The second kappa shape index (κ2) is 14.6. The first kappa shape index (κ1) is 53.0. The number of esters is 2. The summed E-state index contributed by atoms with van der Waals surface area (Å²) in [4.78, 5) is 54.5. The van der Waals surface area contributed by atoms with Gasteiger partial charge < -0.3 is 24.2 Å². The number of aromatic nitrogens is 4. The van der Waals surface area contributed by atoms with Gasteiger partial charge in [-0.2, -0.15) is 0 Å². The summed E-state index contributed by atoms with van der Waals surface area (Å²) in [7, 11) is 1.55. The number of fused-ring (bicyclic) bond motifs is 8. The predicted octanol–water partition coefficient (Wildman–Crippen LogP) is 26.7. The van der Waals surface area contributed by atoms with E-state index in [1.165, 1.54) is 302 Å². The molecule has 2 spiro atoms. The van der Waals surface area contributed by atoms with Gasteiger partial charge in [0.2, 0.25) is 0 Å². The largest absolute Gasteiger partial charge is 0.490 e. The van der Waals surface area contributed by atoms with Crippen molar-refractivity contribution in [1.82, 2.24) is 19.9 Å². The molecule has 42 rings (SSSR count). The molecule has 0 atom stereocenters. The maximum atomic E-state index is 18.0. The Morgan fingerprint density at radius 3 is 0.756 bits per heavy atom. The lowest BCUT2D eigenvalue weighted by atomic mass is 9.68. The average molecular weight is 1490 g/mol. The number of H-pyrrole nitrogens is 2. The van der Waals surface area contributed by atoms with E-state index in [4.69, 9.17) is 24.2 Å². The van der Waals surface area contributed by atoms with Crippen LogP contribution in [0.4, 0.5) is 0 Å². The molecule has 9 heteroatoms. The average Bonchev–Trinajstić information content (AvgIpc) is 1.35. The van der Waals surface area contributed by atoms with Crippen LogP contribution in [0.3, 0.4) is 0 Å². The molecule has 7 aliphatic rings. The summed E-state index contributed by atoms with van der Waals surface area (Å²) in [5.41, 5.74) is 15.2.